The summed E-state index contributed by atoms with van der Waals surface area (Å²) in [5.74, 6) is 0.416. The number of rotatable bonds is 5. The number of hydrogen-bond donors (Lipinski definition) is 1. The molecule has 2 aromatic rings. The minimum Gasteiger partial charge on any atom is -0.336 e. The molecule has 0 radical (unpaired) electrons. The van der Waals surface area contributed by atoms with Crippen molar-refractivity contribution >= 4 is 34.0 Å². The number of nitrogens with one attached hydrogen (secondary N) is 1. The Bertz CT molecular complexity index is 839. The maximum atomic E-state index is 13.2. The molecular formula is C17H24Cl2N4O2S. The van der Waals surface area contributed by atoms with Crippen LogP contribution < -0.4 is 5.32 Å². The van der Waals surface area contributed by atoms with Crippen molar-refractivity contribution in [2.45, 2.75) is 31.5 Å². The summed E-state index contributed by atoms with van der Waals surface area (Å²) in [5, 5.41) is 3.92. The van der Waals surface area contributed by atoms with Crippen molar-refractivity contribution in [1.82, 2.24) is 19.2 Å². The van der Waals surface area contributed by atoms with Crippen molar-refractivity contribution in [3.63, 3.8) is 0 Å². The average molecular weight is 419 g/mol. The van der Waals surface area contributed by atoms with Crippen LogP contribution >= 0.6 is 24.0 Å². The Labute approximate surface area is 166 Å². The van der Waals surface area contributed by atoms with Gasteiger partial charge in [-0.25, -0.2) is 13.4 Å². The maximum Gasteiger partial charge on any atom is 0.262 e. The molecule has 1 saturated heterocycles. The van der Waals surface area contributed by atoms with Crippen LogP contribution in [-0.4, -0.2) is 41.9 Å². The van der Waals surface area contributed by atoms with E-state index < -0.39 is 10.0 Å². The highest BCUT2D eigenvalue weighted by Gasteiger charge is 2.36. The molecule has 3 rings (SSSR count). The van der Waals surface area contributed by atoms with Gasteiger partial charge in [0.25, 0.3) is 10.0 Å². The predicted octanol–water partition coefficient (Wildman–Crippen LogP) is 2.95. The molecule has 0 spiro atoms. The van der Waals surface area contributed by atoms with Gasteiger partial charge in [-0.3, -0.25) is 0 Å². The van der Waals surface area contributed by atoms with E-state index in [1.165, 1.54) is 4.31 Å². The standard InChI is InChI=1S/C17H23ClN4O2S.ClH/c1-13(2)10-21-11-17(20-12-21)25(23,24)22-8-7-19-9-16(22)14-5-3-4-6-15(14)18;/h3-6,11-13,16,19H,7-10H2,1-2H3;1H. The summed E-state index contributed by atoms with van der Waals surface area (Å²) in [6.45, 7) is 6.41. The van der Waals surface area contributed by atoms with E-state index in [1.54, 1.807) is 18.6 Å². The highest BCUT2D eigenvalue weighted by Crippen LogP contribution is 2.32. The van der Waals surface area contributed by atoms with E-state index in [1.807, 2.05) is 22.8 Å². The Morgan fingerprint density at radius 1 is 1.35 bits per heavy atom. The quantitative estimate of drug-likeness (QED) is 0.809. The Hall–Kier alpha value is -1.12. The number of nitrogens with zero attached hydrogens (tertiary/aromatic N) is 3. The minimum atomic E-state index is -3.69. The molecule has 1 aromatic heterocycles. The van der Waals surface area contributed by atoms with Gasteiger partial charge in [0.15, 0.2) is 5.03 Å². The SMILES string of the molecule is CC(C)Cn1cnc(S(=O)(=O)N2CCNCC2c2ccccc2Cl)c1.Cl. The molecule has 0 bridgehead atoms. The lowest BCUT2D eigenvalue weighted by atomic mass is 10.1. The van der Waals surface area contributed by atoms with Crippen molar-refractivity contribution in [2.75, 3.05) is 19.6 Å². The molecule has 144 valence electrons. The molecule has 1 fully saturated rings. The molecule has 9 heteroatoms. The average Bonchev–Trinajstić information content (AvgIpc) is 3.04. The molecule has 1 unspecified atom stereocenters. The van der Waals surface area contributed by atoms with E-state index in [9.17, 15) is 8.42 Å². The molecule has 1 N–H and O–H groups in total. The van der Waals surface area contributed by atoms with Gasteiger partial charge in [0.1, 0.15) is 0 Å². The predicted molar refractivity (Wildman–Crippen MR) is 105 cm³/mol. The Morgan fingerprint density at radius 2 is 2.08 bits per heavy atom. The molecule has 1 aromatic carbocycles. The minimum absolute atomic E-state index is 0. The number of imidazole rings is 1. The fourth-order valence-corrected chi connectivity index (χ4v) is 4.90. The highest BCUT2D eigenvalue weighted by atomic mass is 35.5. The Kier molecular flexibility index (Phi) is 7.10. The Balaban J connectivity index is 0.00000243. The maximum absolute atomic E-state index is 13.2. The zero-order valence-electron chi connectivity index (χ0n) is 14.8. The zero-order chi connectivity index (χ0) is 18.0. The first kappa shape index (κ1) is 21.2. The van der Waals surface area contributed by atoms with E-state index in [4.69, 9.17) is 11.6 Å². The lowest BCUT2D eigenvalue weighted by Crippen LogP contribution is -2.48. The van der Waals surface area contributed by atoms with E-state index >= 15 is 0 Å². The fraction of sp³-hybridized carbons (Fsp3) is 0.471. The van der Waals surface area contributed by atoms with Gasteiger partial charge in [-0.2, -0.15) is 4.31 Å². The lowest BCUT2D eigenvalue weighted by molar-refractivity contribution is 0.271. The van der Waals surface area contributed by atoms with Crippen LogP contribution in [0.15, 0.2) is 41.8 Å². The monoisotopic (exact) mass is 418 g/mol. The second-order valence-electron chi connectivity index (χ2n) is 6.66. The Morgan fingerprint density at radius 3 is 2.77 bits per heavy atom. The van der Waals surface area contributed by atoms with E-state index in [2.05, 4.69) is 24.1 Å². The zero-order valence-corrected chi connectivity index (χ0v) is 17.2. The van der Waals surface area contributed by atoms with Crippen LogP contribution in [0.5, 0.6) is 0 Å². The lowest BCUT2D eigenvalue weighted by Gasteiger charge is -2.35. The van der Waals surface area contributed by atoms with Crippen LogP contribution in [-0.2, 0) is 16.6 Å². The molecule has 0 saturated carbocycles. The largest absolute Gasteiger partial charge is 0.336 e. The molecule has 1 aliphatic heterocycles. The van der Waals surface area contributed by atoms with Gasteiger partial charge in [0, 0.05) is 37.4 Å². The summed E-state index contributed by atoms with van der Waals surface area (Å²) in [4.78, 5) is 4.15. The van der Waals surface area contributed by atoms with Crippen molar-refractivity contribution in [2.24, 2.45) is 5.92 Å². The molecule has 1 atom stereocenters. The molecule has 0 amide bonds. The first-order valence-electron chi connectivity index (χ1n) is 8.38. The first-order valence-corrected chi connectivity index (χ1v) is 10.2. The van der Waals surface area contributed by atoms with Crippen LogP contribution in [0.4, 0.5) is 0 Å². The van der Waals surface area contributed by atoms with Gasteiger partial charge in [0.2, 0.25) is 0 Å². The second-order valence-corrected chi connectivity index (χ2v) is 8.90. The normalized spacial score (nSPS) is 18.7. The number of hydrogen-bond acceptors (Lipinski definition) is 4. The third kappa shape index (κ3) is 4.40. The van der Waals surface area contributed by atoms with Gasteiger partial charge in [0.05, 0.1) is 12.4 Å². The van der Waals surface area contributed by atoms with E-state index in [0.717, 1.165) is 12.1 Å². The third-order valence-electron chi connectivity index (χ3n) is 4.22. The number of halogens is 2. The van der Waals surface area contributed by atoms with Crippen LogP contribution in [0.2, 0.25) is 5.02 Å². The van der Waals surface area contributed by atoms with E-state index in [-0.39, 0.29) is 23.5 Å². The topological polar surface area (TPSA) is 67.2 Å². The summed E-state index contributed by atoms with van der Waals surface area (Å²) in [6.07, 6.45) is 3.20. The van der Waals surface area contributed by atoms with Gasteiger partial charge >= 0.3 is 0 Å². The first-order chi connectivity index (χ1) is 11.9. The van der Waals surface area contributed by atoms with Crippen molar-refractivity contribution in [3.05, 3.63) is 47.4 Å². The number of sulfonamides is 1. The highest BCUT2D eigenvalue weighted by molar-refractivity contribution is 7.89. The number of benzene rings is 1. The molecule has 6 nitrogen and oxygen atoms in total. The third-order valence-corrected chi connectivity index (χ3v) is 6.36. The van der Waals surface area contributed by atoms with Crippen LogP contribution in [0, 0.1) is 5.92 Å². The smallest absolute Gasteiger partial charge is 0.262 e. The summed E-state index contributed by atoms with van der Waals surface area (Å²) in [7, 11) is -3.69. The van der Waals surface area contributed by atoms with Gasteiger partial charge in [-0.1, -0.05) is 43.6 Å². The fourth-order valence-electron chi connectivity index (χ4n) is 3.10. The molecule has 26 heavy (non-hydrogen) atoms. The van der Waals surface area contributed by atoms with Crippen LogP contribution in [0.25, 0.3) is 0 Å². The summed E-state index contributed by atoms with van der Waals surface area (Å²) < 4.78 is 29.7. The molecule has 2 heterocycles. The van der Waals surface area contributed by atoms with Gasteiger partial charge in [-0.05, 0) is 17.5 Å². The van der Waals surface area contributed by atoms with Crippen LogP contribution in [0.3, 0.4) is 0 Å². The van der Waals surface area contributed by atoms with Crippen molar-refractivity contribution in [3.8, 4) is 0 Å². The molecule has 1 aliphatic rings. The number of piperazine rings is 1. The second kappa shape index (κ2) is 8.71. The van der Waals surface area contributed by atoms with Gasteiger partial charge < -0.3 is 9.88 Å². The van der Waals surface area contributed by atoms with Gasteiger partial charge in [-0.15, -0.1) is 12.4 Å². The van der Waals surface area contributed by atoms with Crippen molar-refractivity contribution < 1.29 is 8.42 Å². The number of aromatic nitrogens is 2. The van der Waals surface area contributed by atoms with E-state index in [0.29, 0.717) is 30.6 Å². The molecule has 0 aliphatic carbocycles. The summed E-state index contributed by atoms with van der Waals surface area (Å²) >= 11 is 6.31. The summed E-state index contributed by atoms with van der Waals surface area (Å²) in [5.41, 5.74) is 0.807. The summed E-state index contributed by atoms with van der Waals surface area (Å²) in [6, 6.07) is 7.03. The van der Waals surface area contributed by atoms with Crippen LogP contribution in [0.1, 0.15) is 25.5 Å². The molecular weight excluding hydrogens is 395 g/mol. The van der Waals surface area contributed by atoms with Crippen molar-refractivity contribution in [1.29, 1.82) is 0 Å².